The van der Waals surface area contributed by atoms with Crippen LogP contribution in [0, 0.1) is 40.4 Å². The molecule has 4 aliphatic carbocycles. The average Bonchev–Trinajstić information content (AvgIpc) is 3.54. The predicted octanol–water partition coefficient (Wildman–Crippen LogP) is 12.8. The van der Waals surface area contributed by atoms with E-state index in [9.17, 15) is 4.79 Å². The average molecular weight is 773 g/mol. The number of fused-ring (bicyclic) bond motifs is 5. The maximum absolute atomic E-state index is 13.8. The van der Waals surface area contributed by atoms with Crippen LogP contribution in [0.4, 0.5) is 4.79 Å². The molecule has 0 bridgehead atoms. The normalized spacial score (nSPS) is 28.8. The number of nitrogens with two attached hydrogens (primary N) is 2. The van der Waals surface area contributed by atoms with Gasteiger partial charge in [0.2, 0.25) is 0 Å². The highest BCUT2D eigenvalue weighted by atomic mass is 16.6. The number of carbonyl (C=O) groups is 1. The highest BCUT2D eigenvalue weighted by Crippen LogP contribution is 2.67. The number of nitrogens with one attached hydrogen (secondary N) is 1. The number of allylic oxidation sites excluding steroid dienone is 1. The number of ether oxygens (including phenoxy) is 1. The number of hydrogen-bond donors (Lipinski definition) is 3. The first kappa shape index (κ1) is 50.0. The number of rotatable bonds is 21. The summed E-state index contributed by atoms with van der Waals surface area (Å²) in [4.78, 5) is 15.8. The van der Waals surface area contributed by atoms with Crippen LogP contribution in [0.15, 0.2) is 11.6 Å². The molecule has 0 aromatic heterocycles. The molecule has 5 N–H and O–H groups in total. The van der Waals surface area contributed by atoms with Crippen molar-refractivity contribution in [3.63, 3.8) is 0 Å². The Labute approximate surface area is 343 Å². The van der Waals surface area contributed by atoms with E-state index in [-0.39, 0.29) is 28.7 Å². The second kappa shape index (κ2) is 24.1. The Morgan fingerprint density at radius 1 is 0.836 bits per heavy atom. The van der Waals surface area contributed by atoms with Gasteiger partial charge in [-0.05, 0) is 156 Å². The molecule has 324 valence electrons. The molecule has 6 heteroatoms. The quantitative estimate of drug-likeness (QED) is 0.0798. The summed E-state index contributed by atoms with van der Waals surface area (Å²) in [5, 5.41) is 3.59. The van der Waals surface area contributed by atoms with Gasteiger partial charge >= 0.3 is 6.09 Å². The molecule has 0 aromatic rings. The van der Waals surface area contributed by atoms with Gasteiger partial charge in [0.25, 0.3) is 0 Å². The van der Waals surface area contributed by atoms with Crippen LogP contribution in [0.2, 0.25) is 0 Å². The molecule has 55 heavy (non-hydrogen) atoms. The van der Waals surface area contributed by atoms with Crippen LogP contribution in [-0.4, -0.2) is 54.4 Å². The van der Waals surface area contributed by atoms with Crippen LogP contribution in [-0.2, 0) is 4.74 Å². The molecule has 4 aliphatic rings. The van der Waals surface area contributed by atoms with Crippen LogP contribution in [0.25, 0.3) is 0 Å². The molecule has 0 heterocycles. The van der Waals surface area contributed by atoms with Crippen molar-refractivity contribution in [3.05, 3.63) is 11.6 Å². The zero-order chi connectivity index (χ0) is 41.3. The third kappa shape index (κ3) is 13.5. The van der Waals surface area contributed by atoms with E-state index in [0.29, 0.717) is 12.0 Å². The maximum Gasteiger partial charge on any atom is 0.410 e. The van der Waals surface area contributed by atoms with Gasteiger partial charge < -0.3 is 26.4 Å². The largest absolute Gasteiger partial charge is 0.446 e. The minimum absolute atomic E-state index is 0.0123. The second-order valence-electron chi connectivity index (χ2n) is 19.1. The number of hydrogen-bond acceptors (Lipinski definition) is 5. The fourth-order valence-electron chi connectivity index (χ4n) is 11.3. The molecule has 4 rings (SSSR count). The molecule has 6 nitrogen and oxygen atoms in total. The molecule has 0 saturated heterocycles. The van der Waals surface area contributed by atoms with Gasteiger partial charge in [0.1, 0.15) is 6.10 Å². The van der Waals surface area contributed by atoms with E-state index in [0.717, 1.165) is 120 Å². The lowest BCUT2D eigenvalue weighted by Crippen LogP contribution is -2.51. The van der Waals surface area contributed by atoms with Crippen molar-refractivity contribution in [2.75, 3.05) is 26.2 Å². The van der Waals surface area contributed by atoms with Crippen LogP contribution in [0.3, 0.4) is 0 Å². The first-order valence-corrected chi connectivity index (χ1v) is 24.2. The lowest BCUT2D eigenvalue weighted by atomic mass is 9.47. The minimum atomic E-state index is -0.230. The summed E-state index contributed by atoms with van der Waals surface area (Å²) in [6, 6.07) is 0. The van der Waals surface area contributed by atoms with Crippen molar-refractivity contribution in [3.8, 4) is 0 Å². The van der Waals surface area contributed by atoms with Gasteiger partial charge in [0.05, 0.1) is 0 Å². The van der Waals surface area contributed by atoms with E-state index >= 15 is 0 Å². The first-order valence-electron chi connectivity index (χ1n) is 24.2. The molecule has 7 unspecified atom stereocenters. The van der Waals surface area contributed by atoms with Crippen molar-refractivity contribution in [1.29, 1.82) is 0 Å². The van der Waals surface area contributed by atoms with Gasteiger partial charge in [-0.2, -0.15) is 0 Å². The molecule has 3 saturated carbocycles. The summed E-state index contributed by atoms with van der Waals surface area (Å²) in [6.07, 6.45) is 25.9. The van der Waals surface area contributed by atoms with Crippen LogP contribution < -0.4 is 16.8 Å². The van der Waals surface area contributed by atoms with E-state index in [1.165, 1.54) is 57.8 Å². The zero-order valence-corrected chi connectivity index (χ0v) is 38.9. The lowest BCUT2D eigenvalue weighted by molar-refractivity contribution is -0.0534. The van der Waals surface area contributed by atoms with E-state index in [4.69, 9.17) is 16.2 Å². The number of nitrogens with zero attached hydrogens (tertiary/aromatic N) is 1. The lowest BCUT2D eigenvalue weighted by Gasteiger charge is -2.58. The highest BCUT2D eigenvalue weighted by Gasteiger charge is 2.58. The summed E-state index contributed by atoms with van der Waals surface area (Å²) < 4.78 is 6.41. The third-order valence-corrected chi connectivity index (χ3v) is 15.9. The predicted molar refractivity (Wildman–Crippen MR) is 239 cm³/mol. The van der Waals surface area contributed by atoms with E-state index < -0.39 is 0 Å². The molecule has 0 spiro atoms. The standard InChI is InChI=1S/C45H84N4O2.2C2H6/c1-9-44(46,10-2)27-30-48-29-15-16-31-49(32-28-45(47,11-3)12-4)41(50)51-37-23-25-43(8)36(33-37)19-21-38-39-22-20-35(18-14-13-17-34(5)6)42(39,7)26-24-40(38)43;2*1-2/h19,34-35,37-40,48H,9-18,20-33,46-47H2,1-8H3;2*1-2H3. The third-order valence-electron chi connectivity index (χ3n) is 15.9. The van der Waals surface area contributed by atoms with Gasteiger partial charge in [-0.3, -0.25) is 0 Å². The summed E-state index contributed by atoms with van der Waals surface area (Å²) in [5.74, 6) is 4.29. The molecule has 0 radical (unpaired) electrons. The van der Waals surface area contributed by atoms with Crippen molar-refractivity contribution < 1.29 is 9.53 Å². The minimum Gasteiger partial charge on any atom is -0.446 e. The van der Waals surface area contributed by atoms with Gasteiger partial charge in [-0.1, -0.05) is 114 Å². The summed E-state index contributed by atoms with van der Waals surface area (Å²) >= 11 is 0. The topological polar surface area (TPSA) is 93.6 Å². The molecule has 1 amide bonds. The van der Waals surface area contributed by atoms with E-state index in [1.807, 2.05) is 32.6 Å². The van der Waals surface area contributed by atoms with Crippen molar-refractivity contribution in [1.82, 2.24) is 10.2 Å². The van der Waals surface area contributed by atoms with E-state index in [1.54, 1.807) is 5.57 Å². The van der Waals surface area contributed by atoms with Crippen molar-refractivity contribution >= 4 is 6.09 Å². The molecule has 0 aliphatic heterocycles. The Morgan fingerprint density at radius 3 is 2.13 bits per heavy atom. The molecular weight excluding hydrogens is 677 g/mol. The Bertz CT molecular complexity index is 1100. The Kier molecular flexibility index (Phi) is 21.9. The molecule has 3 fully saturated rings. The Balaban J connectivity index is 0.00000253. The van der Waals surface area contributed by atoms with Gasteiger partial charge in [0.15, 0.2) is 0 Å². The second-order valence-corrected chi connectivity index (χ2v) is 19.1. The fourth-order valence-corrected chi connectivity index (χ4v) is 11.3. The molecule has 7 atom stereocenters. The van der Waals surface area contributed by atoms with Crippen LogP contribution >= 0.6 is 0 Å². The van der Waals surface area contributed by atoms with E-state index in [2.05, 4.69) is 66.8 Å². The zero-order valence-electron chi connectivity index (χ0n) is 38.9. The fraction of sp³-hybridized carbons (Fsp3) is 0.939. The van der Waals surface area contributed by atoms with Crippen molar-refractivity contribution in [2.24, 2.45) is 51.9 Å². The van der Waals surface area contributed by atoms with Gasteiger partial charge in [0, 0.05) is 30.6 Å². The van der Waals surface area contributed by atoms with Crippen LogP contribution in [0.1, 0.15) is 212 Å². The van der Waals surface area contributed by atoms with Crippen LogP contribution in [0.5, 0.6) is 0 Å². The highest BCUT2D eigenvalue weighted by molar-refractivity contribution is 5.68. The number of carbonyl (C=O) groups excluding carboxylic acids is 1. The summed E-state index contributed by atoms with van der Waals surface area (Å²) in [5.41, 5.74) is 15.3. The van der Waals surface area contributed by atoms with Crippen molar-refractivity contribution in [2.45, 2.75) is 229 Å². The SMILES string of the molecule is CC.CC.CCC(N)(CC)CCNCCCCN(CCC(N)(CC)CC)C(=O)OC1CCC2(C)C(=CCC3C2CCC2(C)C(CCCCC(C)C)CCC32)C1. The molecular formula is C49H96N4O2. The Hall–Kier alpha value is -1.11. The maximum atomic E-state index is 13.8. The first-order chi connectivity index (χ1) is 26.3. The smallest absolute Gasteiger partial charge is 0.410 e. The molecule has 0 aromatic carbocycles. The number of unbranched alkanes of at least 4 members (excludes halogenated alkanes) is 2. The Morgan fingerprint density at radius 2 is 1.49 bits per heavy atom. The number of amides is 1. The summed E-state index contributed by atoms with van der Waals surface area (Å²) in [7, 11) is 0. The van der Waals surface area contributed by atoms with Gasteiger partial charge in [-0.25, -0.2) is 4.79 Å². The summed E-state index contributed by atoms with van der Waals surface area (Å²) in [6.45, 7) is 30.0. The monoisotopic (exact) mass is 773 g/mol. The van der Waals surface area contributed by atoms with Gasteiger partial charge in [-0.15, -0.1) is 0 Å².